The van der Waals surface area contributed by atoms with E-state index in [4.69, 9.17) is 19.4 Å². The lowest BCUT2D eigenvalue weighted by Gasteiger charge is -2.14. The summed E-state index contributed by atoms with van der Waals surface area (Å²) in [5.74, 6) is 1.75. The Hall–Kier alpha value is -8.41. The number of fused-ring (bicyclic) bond motifs is 12. The molecule has 0 fully saturated rings. The predicted molar refractivity (Wildman–Crippen MR) is 256 cm³/mol. The molecule has 0 amide bonds. The molecule has 10 aromatic carbocycles. The van der Waals surface area contributed by atoms with Gasteiger partial charge in [0.15, 0.2) is 11.6 Å². The Balaban J connectivity index is 1.16. The number of benzene rings is 10. The van der Waals surface area contributed by atoms with Crippen LogP contribution in [0.1, 0.15) is 0 Å². The zero-order valence-corrected chi connectivity index (χ0v) is 33.3. The molecule has 0 bridgehead atoms. The molecule has 3 aromatic heterocycles. The first kappa shape index (κ1) is 34.5. The first-order chi connectivity index (χ1) is 30.7. The van der Waals surface area contributed by atoms with Gasteiger partial charge < -0.3 is 4.42 Å². The number of rotatable bonds is 5. The molecule has 0 unspecified atom stereocenters. The highest BCUT2D eigenvalue weighted by molar-refractivity contribution is 6.31. The average Bonchev–Trinajstić information content (AvgIpc) is 3.90. The summed E-state index contributed by atoms with van der Waals surface area (Å²) in [6, 6.07) is 72.8. The van der Waals surface area contributed by atoms with Crippen molar-refractivity contribution in [3.8, 4) is 51.0 Å². The number of hydrogen-bond donors (Lipinski definition) is 0. The van der Waals surface area contributed by atoms with Crippen LogP contribution in [0.25, 0.3) is 127 Å². The summed E-state index contributed by atoms with van der Waals surface area (Å²) in [7, 11) is 0. The van der Waals surface area contributed by atoms with Gasteiger partial charge >= 0.3 is 0 Å². The lowest BCUT2D eigenvalue weighted by molar-refractivity contribution is 0.669. The van der Waals surface area contributed by atoms with Crippen molar-refractivity contribution in [1.82, 2.24) is 19.5 Å². The Morgan fingerprint density at radius 2 is 0.823 bits per heavy atom. The van der Waals surface area contributed by atoms with Crippen molar-refractivity contribution in [3.05, 3.63) is 206 Å². The van der Waals surface area contributed by atoms with Crippen LogP contribution < -0.4 is 0 Å². The predicted octanol–water partition coefficient (Wildman–Crippen LogP) is 15.0. The molecule has 288 valence electrons. The maximum Gasteiger partial charge on any atom is 0.238 e. The second kappa shape index (κ2) is 13.6. The third-order valence-corrected chi connectivity index (χ3v) is 12.4. The smallest absolute Gasteiger partial charge is 0.238 e. The van der Waals surface area contributed by atoms with Gasteiger partial charge in [-0.3, -0.25) is 4.57 Å². The SMILES string of the molecule is c1ccc(-c2nc(-c3ccc4c(ccc5oc6ccccc6c54)c3)nc(-n3c4cc(-c5ccccc5)c5ccccc5c4c4c5ccccc5c(-c5ccccc5)cc43)n2)cc1. The van der Waals surface area contributed by atoms with Crippen molar-refractivity contribution in [2.24, 2.45) is 0 Å². The van der Waals surface area contributed by atoms with Gasteiger partial charge in [0, 0.05) is 32.7 Å². The van der Waals surface area contributed by atoms with Crippen LogP contribution in [0.4, 0.5) is 0 Å². The van der Waals surface area contributed by atoms with Crippen LogP contribution in [0.5, 0.6) is 0 Å². The highest BCUT2D eigenvalue weighted by Gasteiger charge is 2.24. The van der Waals surface area contributed by atoms with Crippen LogP contribution in [0, 0.1) is 0 Å². The molecule has 3 heterocycles. The second-order valence-electron chi connectivity index (χ2n) is 15.9. The summed E-state index contributed by atoms with van der Waals surface area (Å²) in [5.41, 5.74) is 10.2. The fraction of sp³-hybridized carbons (Fsp3) is 0. The Morgan fingerprint density at radius 3 is 1.42 bits per heavy atom. The molecule has 0 atom stereocenters. The zero-order chi connectivity index (χ0) is 40.7. The second-order valence-corrected chi connectivity index (χ2v) is 15.9. The Labute approximate surface area is 355 Å². The molecule has 5 heteroatoms. The van der Waals surface area contributed by atoms with Gasteiger partial charge in [-0.25, -0.2) is 4.98 Å². The molecule has 0 saturated carbocycles. The number of aromatic nitrogens is 4. The lowest BCUT2D eigenvalue weighted by atomic mass is 9.92. The Kier molecular flexibility index (Phi) is 7.54. The minimum Gasteiger partial charge on any atom is -0.456 e. The summed E-state index contributed by atoms with van der Waals surface area (Å²) in [6.45, 7) is 0. The zero-order valence-electron chi connectivity index (χ0n) is 33.3. The van der Waals surface area contributed by atoms with Crippen molar-refractivity contribution < 1.29 is 4.42 Å². The van der Waals surface area contributed by atoms with E-state index in [2.05, 4.69) is 180 Å². The van der Waals surface area contributed by atoms with E-state index in [1.807, 2.05) is 30.3 Å². The summed E-state index contributed by atoms with van der Waals surface area (Å²) in [4.78, 5) is 16.1. The van der Waals surface area contributed by atoms with Gasteiger partial charge in [-0.2, -0.15) is 9.97 Å². The van der Waals surface area contributed by atoms with E-state index in [1.165, 1.54) is 21.5 Å². The largest absolute Gasteiger partial charge is 0.456 e. The topological polar surface area (TPSA) is 56.7 Å². The lowest BCUT2D eigenvalue weighted by Crippen LogP contribution is -2.06. The van der Waals surface area contributed by atoms with Crippen LogP contribution in [0.15, 0.2) is 211 Å². The molecular weight excluding hydrogens is 757 g/mol. The van der Waals surface area contributed by atoms with E-state index >= 15 is 0 Å². The molecule has 13 rings (SSSR count). The van der Waals surface area contributed by atoms with Crippen molar-refractivity contribution in [2.75, 3.05) is 0 Å². The molecular formula is C57H34N4O. The van der Waals surface area contributed by atoms with E-state index in [-0.39, 0.29) is 0 Å². The van der Waals surface area contributed by atoms with Crippen molar-refractivity contribution in [1.29, 1.82) is 0 Å². The van der Waals surface area contributed by atoms with Gasteiger partial charge in [-0.05, 0) is 84.9 Å². The summed E-state index contributed by atoms with van der Waals surface area (Å²) >= 11 is 0. The number of hydrogen-bond acceptors (Lipinski definition) is 4. The third-order valence-electron chi connectivity index (χ3n) is 12.4. The van der Waals surface area contributed by atoms with Gasteiger partial charge in [-0.15, -0.1) is 0 Å². The fourth-order valence-electron chi connectivity index (χ4n) is 9.66. The van der Waals surface area contributed by atoms with Crippen LogP contribution in [0.3, 0.4) is 0 Å². The Bertz CT molecular complexity index is 3770. The maximum absolute atomic E-state index is 6.26. The number of furan rings is 1. The van der Waals surface area contributed by atoms with Gasteiger partial charge in [0.05, 0.1) is 11.0 Å². The minimum absolute atomic E-state index is 0.550. The van der Waals surface area contributed by atoms with Gasteiger partial charge in [0.2, 0.25) is 5.95 Å². The van der Waals surface area contributed by atoms with Crippen LogP contribution in [-0.2, 0) is 0 Å². The Morgan fingerprint density at radius 1 is 0.323 bits per heavy atom. The van der Waals surface area contributed by atoms with Gasteiger partial charge in [-0.1, -0.05) is 176 Å². The fourth-order valence-corrected chi connectivity index (χ4v) is 9.66. The molecule has 0 aliphatic carbocycles. The van der Waals surface area contributed by atoms with E-state index in [1.54, 1.807) is 0 Å². The van der Waals surface area contributed by atoms with Crippen molar-refractivity contribution >= 4 is 76.1 Å². The molecule has 0 spiro atoms. The maximum atomic E-state index is 6.26. The molecule has 0 aliphatic heterocycles. The third kappa shape index (κ3) is 5.25. The molecule has 13 aromatic rings. The van der Waals surface area contributed by atoms with Gasteiger partial charge in [0.1, 0.15) is 11.2 Å². The van der Waals surface area contributed by atoms with E-state index in [0.717, 1.165) is 87.9 Å². The first-order valence-electron chi connectivity index (χ1n) is 20.9. The van der Waals surface area contributed by atoms with Crippen molar-refractivity contribution in [3.63, 3.8) is 0 Å². The summed E-state index contributed by atoms with van der Waals surface area (Å²) in [6.07, 6.45) is 0. The van der Waals surface area contributed by atoms with E-state index in [9.17, 15) is 0 Å². The van der Waals surface area contributed by atoms with Crippen LogP contribution in [0.2, 0.25) is 0 Å². The van der Waals surface area contributed by atoms with Crippen molar-refractivity contribution in [2.45, 2.75) is 0 Å². The average molecular weight is 791 g/mol. The molecule has 62 heavy (non-hydrogen) atoms. The van der Waals surface area contributed by atoms with Crippen LogP contribution >= 0.6 is 0 Å². The minimum atomic E-state index is 0.550. The first-order valence-corrected chi connectivity index (χ1v) is 20.9. The number of para-hydroxylation sites is 1. The summed E-state index contributed by atoms with van der Waals surface area (Å²) < 4.78 is 8.54. The monoisotopic (exact) mass is 790 g/mol. The molecule has 0 N–H and O–H groups in total. The highest BCUT2D eigenvalue weighted by Crippen LogP contribution is 2.46. The van der Waals surface area contributed by atoms with E-state index in [0.29, 0.717) is 17.6 Å². The molecule has 5 nitrogen and oxygen atoms in total. The van der Waals surface area contributed by atoms with Gasteiger partial charge in [0.25, 0.3) is 0 Å². The number of nitrogens with zero attached hydrogens (tertiary/aromatic N) is 4. The standard InChI is InChI=1S/C57H34N4O/c1-4-16-35(17-5-1)46-33-48-53(43-24-12-10-22-41(43)46)54-44-25-13-11-23-42(44)47(36-18-6-2-7-19-36)34-49(54)61(48)57-59-55(37-20-8-3-9-21-37)58-56(60-57)39-28-30-40-38(32-39)29-31-51-52(40)45-26-14-15-27-50(45)62-51/h1-34H. The molecule has 0 radical (unpaired) electrons. The van der Waals surface area contributed by atoms with E-state index < -0.39 is 0 Å². The molecule has 0 aliphatic rings. The highest BCUT2D eigenvalue weighted by atomic mass is 16.3. The quantitative estimate of drug-likeness (QED) is 0.174. The molecule has 0 saturated heterocycles. The normalized spacial score (nSPS) is 11.9. The van der Waals surface area contributed by atoms with Crippen LogP contribution in [-0.4, -0.2) is 19.5 Å². The summed E-state index contributed by atoms with van der Waals surface area (Å²) in [5, 5.41) is 11.5.